The Bertz CT molecular complexity index is 1390. The average Bonchev–Trinajstić information content (AvgIpc) is 3.47. The van der Waals surface area contributed by atoms with Gasteiger partial charge in [0.05, 0.1) is 5.41 Å². The number of amides is 1. The topological polar surface area (TPSA) is 105 Å². The van der Waals surface area contributed by atoms with Crippen molar-refractivity contribution in [2.24, 2.45) is 11.3 Å². The summed E-state index contributed by atoms with van der Waals surface area (Å²) >= 11 is 0. The van der Waals surface area contributed by atoms with E-state index in [1.807, 2.05) is 23.1 Å². The number of aliphatic hydroxyl groups is 1. The van der Waals surface area contributed by atoms with Gasteiger partial charge in [-0.25, -0.2) is 0 Å². The fourth-order valence-electron chi connectivity index (χ4n) is 7.06. The Hall–Kier alpha value is -3.14. The Kier molecular flexibility index (Phi) is 8.31. The zero-order valence-electron chi connectivity index (χ0n) is 26.1. The molecule has 0 aliphatic carbocycles. The molecule has 0 radical (unpaired) electrons. The van der Waals surface area contributed by atoms with Gasteiger partial charge in [0, 0.05) is 62.2 Å². The molecule has 1 atom stereocenters. The van der Waals surface area contributed by atoms with Gasteiger partial charge < -0.3 is 24.2 Å². The molecule has 1 aromatic carbocycles. The first-order chi connectivity index (χ1) is 19.9. The molecule has 2 saturated heterocycles. The molecule has 9 nitrogen and oxygen atoms in total. The lowest BCUT2D eigenvalue weighted by Crippen LogP contribution is -2.63. The van der Waals surface area contributed by atoms with Crippen LogP contribution in [0.1, 0.15) is 76.0 Å². The lowest BCUT2D eigenvalue weighted by molar-refractivity contribution is -0.137. The highest BCUT2D eigenvalue weighted by atomic mass is 16.5. The fourth-order valence-corrected chi connectivity index (χ4v) is 7.06. The number of nitrogens with zero attached hydrogens (tertiary/aromatic N) is 5. The Morgan fingerprint density at radius 3 is 2.33 bits per heavy atom. The molecule has 0 spiro atoms. The number of carbonyl (C=O) groups excluding carboxylic acids is 1. The maximum Gasteiger partial charge on any atom is 0.248 e. The number of rotatable bonds is 9. The summed E-state index contributed by atoms with van der Waals surface area (Å²) in [5, 5.41) is 17.0. The lowest BCUT2D eigenvalue weighted by atomic mass is 9.62. The number of likely N-dealkylation sites (tertiary alicyclic amines) is 2. The second-order valence-electron chi connectivity index (χ2n) is 13.2. The van der Waals surface area contributed by atoms with Gasteiger partial charge in [0.15, 0.2) is 0 Å². The van der Waals surface area contributed by atoms with Crippen LogP contribution in [0.3, 0.4) is 0 Å². The Labute approximate surface area is 249 Å². The predicted molar refractivity (Wildman–Crippen MR) is 161 cm³/mol. The number of pyridine rings is 1. The normalized spacial score (nSPS) is 20.0. The van der Waals surface area contributed by atoms with Crippen molar-refractivity contribution in [1.29, 1.82) is 0 Å². The van der Waals surface area contributed by atoms with E-state index in [0.29, 0.717) is 41.8 Å². The molecular formula is C33H45N5O4. The number of hydrogen-bond donors (Lipinski definition) is 1. The van der Waals surface area contributed by atoms with E-state index in [4.69, 9.17) is 14.2 Å². The summed E-state index contributed by atoms with van der Waals surface area (Å²) < 4.78 is 11.0. The molecule has 4 heterocycles. The summed E-state index contributed by atoms with van der Waals surface area (Å²) in [4.78, 5) is 25.9. The van der Waals surface area contributed by atoms with Gasteiger partial charge in [-0.15, -0.1) is 0 Å². The monoisotopic (exact) mass is 575 g/mol. The van der Waals surface area contributed by atoms with E-state index < -0.39 is 11.0 Å². The smallest absolute Gasteiger partial charge is 0.248 e. The van der Waals surface area contributed by atoms with E-state index in [0.717, 1.165) is 31.5 Å². The average molecular weight is 576 g/mol. The van der Waals surface area contributed by atoms with E-state index >= 15 is 0 Å². The van der Waals surface area contributed by atoms with Crippen LogP contribution in [-0.4, -0.2) is 82.9 Å². The number of hydrogen-bond acceptors (Lipinski definition) is 8. The van der Waals surface area contributed by atoms with Crippen molar-refractivity contribution in [1.82, 2.24) is 24.9 Å². The molecule has 5 rings (SSSR count). The van der Waals surface area contributed by atoms with Gasteiger partial charge in [-0.05, 0) is 48.9 Å². The number of aromatic nitrogens is 3. The van der Waals surface area contributed by atoms with Crippen LogP contribution in [0.15, 0.2) is 47.2 Å². The van der Waals surface area contributed by atoms with E-state index in [1.165, 1.54) is 5.56 Å². The molecule has 42 heavy (non-hydrogen) atoms. The molecule has 226 valence electrons. The molecule has 0 bridgehead atoms. The van der Waals surface area contributed by atoms with Crippen molar-refractivity contribution in [3.05, 3.63) is 65.3 Å². The summed E-state index contributed by atoms with van der Waals surface area (Å²) in [7, 11) is 3.61. The van der Waals surface area contributed by atoms with E-state index in [-0.39, 0.29) is 23.8 Å². The van der Waals surface area contributed by atoms with Crippen LogP contribution in [-0.2, 0) is 20.5 Å². The minimum atomic E-state index is -1.26. The molecule has 2 aromatic heterocycles. The number of methoxy groups -OCH3 is 1. The minimum absolute atomic E-state index is 0.00153. The van der Waals surface area contributed by atoms with Crippen LogP contribution < -0.4 is 0 Å². The summed E-state index contributed by atoms with van der Waals surface area (Å²) in [6, 6.07) is 10.3. The highest BCUT2D eigenvalue weighted by molar-refractivity contribution is 5.77. The van der Waals surface area contributed by atoms with Gasteiger partial charge >= 0.3 is 0 Å². The van der Waals surface area contributed by atoms with Crippen molar-refractivity contribution in [3.63, 3.8) is 0 Å². The van der Waals surface area contributed by atoms with Gasteiger partial charge in [0.2, 0.25) is 17.6 Å². The van der Waals surface area contributed by atoms with Crippen LogP contribution >= 0.6 is 0 Å². The molecule has 1 amide bonds. The van der Waals surface area contributed by atoms with E-state index in [2.05, 4.69) is 68.8 Å². The molecule has 1 N–H and O–H groups in total. The second kappa shape index (κ2) is 11.5. The summed E-state index contributed by atoms with van der Waals surface area (Å²) in [6.07, 6.45) is 4.95. The van der Waals surface area contributed by atoms with E-state index in [1.54, 1.807) is 19.5 Å². The summed E-state index contributed by atoms with van der Waals surface area (Å²) in [5.74, 6) is 1.68. The van der Waals surface area contributed by atoms with Crippen LogP contribution in [0.25, 0.3) is 11.4 Å². The first kappa shape index (κ1) is 30.3. The third kappa shape index (κ3) is 5.16. The third-order valence-electron chi connectivity index (χ3n) is 9.75. The van der Waals surface area contributed by atoms with Crippen molar-refractivity contribution >= 4 is 5.91 Å². The molecule has 3 aromatic rings. The van der Waals surface area contributed by atoms with Gasteiger partial charge in [-0.3, -0.25) is 9.78 Å². The maximum absolute atomic E-state index is 12.6. The number of benzene rings is 1. The Morgan fingerprint density at radius 2 is 1.76 bits per heavy atom. The fraction of sp³-hybridized carbons (Fsp3) is 0.576. The quantitative estimate of drug-likeness (QED) is 0.395. The second-order valence-corrected chi connectivity index (χ2v) is 13.2. The molecule has 1 unspecified atom stereocenters. The number of carbonyl (C=O) groups is 1. The standard InChI is InChI=1S/C33H45N5O4/c1-22(2)24-8-10-26(11-9-24)33(40,31(5)20-37(6)21-31)27-16-25(17-34-18-27)29-35-30(42-36-29)32(23(3)4)12-14-38(15-13-32)28(39)19-41-7/h8-11,16-18,22-23,40H,12-15,19-21H2,1-7H3. The molecular weight excluding hydrogens is 530 g/mol. The van der Waals surface area contributed by atoms with Crippen LogP contribution in [0.2, 0.25) is 0 Å². The summed E-state index contributed by atoms with van der Waals surface area (Å²) in [6.45, 7) is 13.6. The van der Waals surface area contributed by atoms with Crippen molar-refractivity contribution in [3.8, 4) is 11.4 Å². The first-order valence-electron chi connectivity index (χ1n) is 15.0. The largest absolute Gasteiger partial charge is 0.380 e. The lowest BCUT2D eigenvalue weighted by Gasteiger charge is -2.55. The minimum Gasteiger partial charge on any atom is -0.380 e. The van der Waals surface area contributed by atoms with Gasteiger partial charge in [-0.1, -0.05) is 64.0 Å². The Balaban J connectivity index is 1.48. The molecule has 2 fully saturated rings. The highest BCUT2D eigenvalue weighted by Gasteiger charge is 2.55. The molecule has 0 saturated carbocycles. The van der Waals surface area contributed by atoms with Gasteiger partial charge in [0.25, 0.3) is 0 Å². The van der Waals surface area contributed by atoms with E-state index in [9.17, 15) is 9.90 Å². The van der Waals surface area contributed by atoms with Crippen molar-refractivity contribution < 1.29 is 19.2 Å². The highest BCUT2D eigenvalue weighted by Crippen LogP contribution is 2.50. The zero-order valence-corrected chi connectivity index (χ0v) is 26.1. The van der Waals surface area contributed by atoms with Crippen LogP contribution in [0.4, 0.5) is 0 Å². The third-order valence-corrected chi connectivity index (χ3v) is 9.75. The maximum atomic E-state index is 12.6. The molecule has 9 heteroatoms. The molecule has 2 aliphatic heterocycles. The van der Waals surface area contributed by atoms with Crippen LogP contribution in [0, 0.1) is 11.3 Å². The van der Waals surface area contributed by atoms with Crippen molar-refractivity contribution in [2.75, 3.05) is 46.9 Å². The predicted octanol–water partition coefficient (Wildman–Crippen LogP) is 4.61. The SMILES string of the molecule is COCC(=O)N1CCC(c2nc(-c3cncc(C(O)(c4ccc(C(C)C)cc4)C4(C)CN(C)C4)c3)no2)(C(C)C)CC1. The van der Waals surface area contributed by atoms with Crippen molar-refractivity contribution in [2.45, 2.75) is 64.4 Å². The number of piperidine rings is 1. The first-order valence-corrected chi connectivity index (χ1v) is 15.0. The van der Waals surface area contributed by atoms with Crippen LogP contribution in [0.5, 0.6) is 0 Å². The molecule has 2 aliphatic rings. The van der Waals surface area contributed by atoms with Gasteiger partial charge in [-0.2, -0.15) is 4.98 Å². The Morgan fingerprint density at radius 1 is 1.10 bits per heavy atom. The zero-order chi connectivity index (χ0) is 30.3. The number of ether oxygens (including phenoxy) is 1. The van der Waals surface area contributed by atoms with Gasteiger partial charge in [0.1, 0.15) is 12.2 Å². The summed E-state index contributed by atoms with van der Waals surface area (Å²) in [5.41, 5.74) is 1.50.